The van der Waals surface area contributed by atoms with Gasteiger partial charge in [0.2, 0.25) is 6.08 Å². The number of hydrogen-bond donors (Lipinski definition) is 1. The summed E-state index contributed by atoms with van der Waals surface area (Å²) >= 11 is 0. The quantitative estimate of drug-likeness (QED) is 0.0423. The molecule has 44 heavy (non-hydrogen) atoms. The Balaban J connectivity index is 3.05. The summed E-state index contributed by atoms with van der Waals surface area (Å²) in [5, 5.41) is 8.64. The zero-order chi connectivity index (χ0) is 31.9. The molecule has 0 bridgehead atoms. The molecule has 4 nitrogen and oxygen atoms in total. The van der Waals surface area contributed by atoms with Crippen LogP contribution in [0.3, 0.4) is 0 Å². The third-order valence-corrected chi connectivity index (χ3v) is 9.48. The second-order valence-electron chi connectivity index (χ2n) is 13.8. The predicted molar refractivity (Wildman–Crippen MR) is 191 cm³/mol. The monoisotopic (exact) mass is 620 g/mol. The molecule has 0 saturated carbocycles. The number of carboxylic acid groups (broad SMARTS) is 1. The fourth-order valence-corrected chi connectivity index (χ4v) is 6.52. The summed E-state index contributed by atoms with van der Waals surface area (Å²) in [6.07, 6.45) is 51.4. The number of unbranched alkanes of at least 4 members (excludes halogenated alkanes) is 35. The van der Waals surface area contributed by atoms with Gasteiger partial charge in [0.05, 0.1) is 6.54 Å². The maximum atomic E-state index is 10.5. The summed E-state index contributed by atoms with van der Waals surface area (Å²) < 4.78 is 0. The van der Waals surface area contributed by atoms with Crippen LogP contribution in [0.25, 0.3) is 0 Å². The van der Waals surface area contributed by atoms with Crippen LogP contribution >= 0.6 is 0 Å². The van der Waals surface area contributed by atoms with Gasteiger partial charge in [-0.25, -0.2) is 9.79 Å². The largest absolute Gasteiger partial charge is 0.481 e. The SMILES string of the molecule is O=C=NCCCCCCCCCCCCCCCCCCCCCCCCCCCCCCCCCCCCCCC(=O)O. The van der Waals surface area contributed by atoms with Crippen LogP contribution in [0.2, 0.25) is 0 Å². The van der Waals surface area contributed by atoms with Crippen LogP contribution in [-0.2, 0) is 9.59 Å². The minimum Gasteiger partial charge on any atom is -0.481 e. The predicted octanol–water partition coefficient (Wildman–Crippen LogP) is 13.8. The van der Waals surface area contributed by atoms with Gasteiger partial charge >= 0.3 is 5.97 Å². The smallest absolute Gasteiger partial charge is 0.303 e. The number of isocyanates is 1. The van der Waals surface area contributed by atoms with E-state index in [4.69, 9.17) is 5.11 Å². The van der Waals surface area contributed by atoms with Crippen LogP contribution in [-0.4, -0.2) is 23.7 Å². The van der Waals surface area contributed by atoms with Crippen molar-refractivity contribution in [2.24, 2.45) is 4.99 Å². The Hall–Kier alpha value is -1.15. The van der Waals surface area contributed by atoms with Gasteiger partial charge < -0.3 is 5.11 Å². The molecule has 0 heterocycles. The van der Waals surface area contributed by atoms with E-state index in [0.29, 0.717) is 13.0 Å². The molecule has 0 saturated heterocycles. The second-order valence-corrected chi connectivity index (χ2v) is 13.8. The third-order valence-electron chi connectivity index (χ3n) is 9.48. The molecule has 0 rings (SSSR count). The van der Waals surface area contributed by atoms with Crippen molar-refractivity contribution in [3.8, 4) is 0 Å². The van der Waals surface area contributed by atoms with Crippen LogP contribution in [0, 0.1) is 0 Å². The molecule has 0 spiro atoms. The van der Waals surface area contributed by atoms with Crippen molar-refractivity contribution >= 4 is 12.0 Å². The highest BCUT2D eigenvalue weighted by molar-refractivity contribution is 5.66. The van der Waals surface area contributed by atoms with Gasteiger partial charge in [0.1, 0.15) is 0 Å². The summed E-state index contributed by atoms with van der Waals surface area (Å²) in [4.78, 5) is 24.1. The molecule has 1 N–H and O–H groups in total. The van der Waals surface area contributed by atoms with Gasteiger partial charge in [-0.1, -0.05) is 218 Å². The van der Waals surface area contributed by atoms with E-state index in [1.165, 1.54) is 212 Å². The fraction of sp³-hybridized carbons (Fsp3) is 0.950. The van der Waals surface area contributed by atoms with Gasteiger partial charge in [-0.2, -0.15) is 0 Å². The lowest BCUT2D eigenvalue weighted by molar-refractivity contribution is -0.137. The maximum absolute atomic E-state index is 10.5. The Labute approximate surface area is 275 Å². The molecule has 0 aromatic carbocycles. The first-order valence-corrected chi connectivity index (χ1v) is 20.0. The van der Waals surface area contributed by atoms with E-state index >= 15 is 0 Å². The summed E-state index contributed by atoms with van der Waals surface area (Å²) in [6.45, 7) is 0.664. The van der Waals surface area contributed by atoms with Gasteiger partial charge in [-0.3, -0.25) is 4.79 Å². The lowest BCUT2D eigenvalue weighted by atomic mass is 10.0. The van der Waals surface area contributed by atoms with E-state index in [1.807, 2.05) is 0 Å². The highest BCUT2D eigenvalue weighted by Crippen LogP contribution is 2.17. The van der Waals surface area contributed by atoms with Gasteiger partial charge in [-0.05, 0) is 12.8 Å². The molecule has 0 aliphatic rings. The number of carbonyl (C=O) groups excluding carboxylic acids is 1. The number of carboxylic acids is 1. The molecule has 0 aromatic rings. The first-order chi connectivity index (χ1) is 21.8. The van der Waals surface area contributed by atoms with E-state index in [1.54, 1.807) is 6.08 Å². The molecule has 0 aliphatic carbocycles. The van der Waals surface area contributed by atoms with Crippen LogP contribution in [0.4, 0.5) is 0 Å². The van der Waals surface area contributed by atoms with E-state index in [2.05, 4.69) is 4.99 Å². The van der Waals surface area contributed by atoms with Gasteiger partial charge in [-0.15, -0.1) is 0 Å². The summed E-state index contributed by atoms with van der Waals surface area (Å²) in [5.74, 6) is -0.651. The number of aliphatic carboxylic acids is 1. The Bertz CT molecular complexity index is 563. The van der Waals surface area contributed by atoms with Crippen LogP contribution in [0.15, 0.2) is 4.99 Å². The molecule has 0 unspecified atom stereocenters. The van der Waals surface area contributed by atoms with Crippen molar-refractivity contribution < 1.29 is 14.7 Å². The first-order valence-electron chi connectivity index (χ1n) is 20.0. The number of hydrogen-bond acceptors (Lipinski definition) is 3. The molecular formula is C40H77NO3. The molecule has 0 fully saturated rings. The molecular weight excluding hydrogens is 542 g/mol. The van der Waals surface area contributed by atoms with Gasteiger partial charge in [0, 0.05) is 6.42 Å². The lowest BCUT2D eigenvalue weighted by Gasteiger charge is -2.05. The molecule has 0 aromatic heterocycles. The van der Waals surface area contributed by atoms with Crippen molar-refractivity contribution in [2.45, 2.75) is 238 Å². The third kappa shape index (κ3) is 40.9. The molecule has 0 amide bonds. The highest BCUT2D eigenvalue weighted by atomic mass is 16.4. The number of nitrogens with zero attached hydrogens (tertiary/aromatic N) is 1. The fourth-order valence-electron chi connectivity index (χ4n) is 6.52. The highest BCUT2D eigenvalue weighted by Gasteiger charge is 1.99. The number of rotatable bonds is 39. The van der Waals surface area contributed by atoms with E-state index in [-0.39, 0.29) is 0 Å². The lowest BCUT2D eigenvalue weighted by Crippen LogP contribution is -1.93. The summed E-state index contributed by atoms with van der Waals surface area (Å²) in [6, 6.07) is 0. The Morgan fingerprint density at radius 2 is 0.523 bits per heavy atom. The summed E-state index contributed by atoms with van der Waals surface area (Å²) in [5.41, 5.74) is 0. The molecule has 0 atom stereocenters. The van der Waals surface area contributed by atoms with Crippen molar-refractivity contribution in [3.05, 3.63) is 0 Å². The van der Waals surface area contributed by atoms with Crippen molar-refractivity contribution in [1.82, 2.24) is 0 Å². The van der Waals surface area contributed by atoms with Crippen molar-refractivity contribution in [2.75, 3.05) is 6.54 Å². The van der Waals surface area contributed by atoms with Crippen LogP contribution < -0.4 is 0 Å². The average Bonchev–Trinajstić information content (AvgIpc) is 3.02. The van der Waals surface area contributed by atoms with E-state index in [9.17, 15) is 9.59 Å². The minimum absolute atomic E-state index is 0.342. The van der Waals surface area contributed by atoms with E-state index in [0.717, 1.165) is 19.3 Å². The second kappa shape index (κ2) is 39.9. The van der Waals surface area contributed by atoms with Gasteiger partial charge in [0.25, 0.3) is 0 Å². The number of aliphatic imine (C=N–C) groups is 1. The standard InChI is InChI=1S/C40H77NO3/c42-39-41-38-36-34-32-30-28-26-24-22-20-18-16-14-12-10-8-6-4-2-1-3-5-7-9-11-13-15-17-19-21-23-25-27-29-31-33-35-37-40(43)44/h1-38H2,(H,43,44). The summed E-state index contributed by atoms with van der Waals surface area (Å²) in [7, 11) is 0. The molecule has 0 aliphatic heterocycles. The molecule has 260 valence electrons. The van der Waals surface area contributed by atoms with E-state index < -0.39 is 5.97 Å². The van der Waals surface area contributed by atoms with Crippen LogP contribution in [0.1, 0.15) is 238 Å². The Morgan fingerprint density at radius 3 is 0.705 bits per heavy atom. The Kier molecular flexibility index (Phi) is 38.8. The maximum Gasteiger partial charge on any atom is 0.303 e. The molecule has 4 heteroatoms. The van der Waals surface area contributed by atoms with Crippen molar-refractivity contribution in [3.63, 3.8) is 0 Å². The van der Waals surface area contributed by atoms with Crippen molar-refractivity contribution in [1.29, 1.82) is 0 Å². The first kappa shape index (κ1) is 42.9. The topological polar surface area (TPSA) is 66.7 Å². The Morgan fingerprint density at radius 1 is 0.341 bits per heavy atom. The average molecular weight is 620 g/mol. The molecule has 0 radical (unpaired) electrons. The normalized spacial score (nSPS) is 11.2. The van der Waals surface area contributed by atoms with Crippen LogP contribution in [0.5, 0.6) is 0 Å². The van der Waals surface area contributed by atoms with Gasteiger partial charge in [0.15, 0.2) is 0 Å². The zero-order valence-electron chi connectivity index (χ0n) is 29.6. The zero-order valence-corrected chi connectivity index (χ0v) is 29.6. The number of carbonyl (C=O) groups is 1. The minimum atomic E-state index is -0.651.